The largest absolute Gasteiger partial charge is 0.379 e. The lowest BCUT2D eigenvalue weighted by Gasteiger charge is -2.31. The Morgan fingerprint density at radius 1 is 1.03 bits per heavy atom. The molecule has 2 aromatic carbocycles. The average Bonchev–Trinajstić information content (AvgIpc) is 2.85. The van der Waals surface area contributed by atoms with Gasteiger partial charge in [0, 0.05) is 44.3 Å². The van der Waals surface area contributed by atoms with Crippen molar-refractivity contribution in [3.63, 3.8) is 0 Å². The van der Waals surface area contributed by atoms with E-state index in [-0.39, 0.29) is 24.1 Å². The molecule has 2 aliphatic rings. The summed E-state index contributed by atoms with van der Waals surface area (Å²) >= 11 is 5.90. The summed E-state index contributed by atoms with van der Waals surface area (Å²) in [5.74, 6) is -0.524. The van der Waals surface area contributed by atoms with Gasteiger partial charge in [0.25, 0.3) is 0 Å². The number of nitrogens with one attached hydrogen (secondary N) is 1. The van der Waals surface area contributed by atoms with Crippen LogP contribution >= 0.6 is 11.6 Å². The molecule has 0 saturated carbocycles. The average molecular weight is 506 g/mol. The zero-order valence-corrected chi connectivity index (χ0v) is 20.9. The molecule has 2 aliphatic heterocycles. The van der Waals surface area contributed by atoms with Crippen LogP contribution in [0.15, 0.2) is 48.5 Å². The van der Waals surface area contributed by atoms with Crippen LogP contribution in [0.2, 0.25) is 5.02 Å². The molecule has 0 radical (unpaired) electrons. The smallest absolute Gasteiger partial charge is 0.224 e. The highest BCUT2D eigenvalue weighted by atomic mass is 35.5. The van der Waals surface area contributed by atoms with Gasteiger partial charge in [-0.05, 0) is 41.7 Å². The number of ether oxygens (including phenoxy) is 1. The lowest BCUT2D eigenvalue weighted by Crippen LogP contribution is -2.45. The van der Waals surface area contributed by atoms with Gasteiger partial charge in [-0.2, -0.15) is 0 Å². The van der Waals surface area contributed by atoms with Crippen LogP contribution in [0.25, 0.3) is 0 Å². The van der Waals surface area contributed by atoms with Crippen molar-refractivity contribution in [2.24, 2.45) is 5.92 Å². The first-order valence-corrected chi connectivity index (χ1v) is 13.8. The SMILES string of the molecule is O=C(NCc1cccc(CN2CCOCC2)c1)C1CCCN(S(=O)(=O)Cc2ccc(Cl)cc2)C1. The van der Waals surface area contributed by atoms with E-state index in [0.717, 1.165) is 38.4 Å². The third kappa shape index (κ3) is 7.02. The van der Waals surface area contributed by atoms with Crippen molar-refractivity contribution in [3.05, 3.63) is 70.2 Å². The predicted molar refractivity (Wildman–Crippen MR) is 133 cm³/mol. The number of carbonyl (C=O) groups is 1. The van der Waals surface area contributed by atoms with Crippen molar-refractivity contribution in [3.8, 4) is 0 Å². The number of piperidine rings is 1. The minimum Gasteiger partial charge on any atom is -0.379 e. The molecule has 7 nitrogen and oxygen atoms in total. The van der Waals surface area contributed by atoms with Gasteiger partial charge in [0.1, 0.15) is 0 Å². The molecule has 0 aromatic heterocycles. The molecule has 2 fully saturated rings. The fourth-order valence-corrected chi connectivity index (χ4v) is 6.22. The number of hydrogen-bond donors (Lipinski definition) is 1. The number of carbonyl (C=O) groups excluding carboxylic acids is 1. The minimum absolute atomic E-state index is 0.0888. The van der Waals surface area contributed by atoms with E-state index in [1.54, 1.807) is 24.3 Å². The number of sulfonamides is 1. The van der Waals surface area contributed by atoms with Crippen molar-refractivity contribution in [1.29, 1.82) is 0 Å². The van der Waals surface area contributed by atoms with Gasteiger partial charge in [0.05, 0.1) is 24.9 Å². The molecule has 1 unspecified atom stereocenters. The van der Waals surface area contributed by atoms with E-state index in [4.69, 9.17) is 16.3 Å². The molecule has 184 valence electrons. The summed E-state index contributed by atoms with van der Waals surface area (Å²) in [7, 11) is -3.51. The normalized spacial score (nSPS) is 20.2. The predicted octanol–water partition coefficient (Wildman–Crippen LogP) is 3.03. The zero-order valence-electron chi connectivity index (χ0n) is 19.3. The molecule has 9 heteroatoms. The number of rotatable bonds is 8. The van der Waals surface area contributed by atoms with E-state index in [0.29, 0.717) is 36.5 Å². The second kappa shape index (κ2) is 11.6. The van der Waals surface area contributed by atoms with Crippen molar-refractivity contribution in [2.45, 2.75) is 31.7 Å². The van der Waals surface area contributed by atoms with Gasteiger partial charge in [-0.25, -0.2) is 12.7 Å². The lowest BCUT2D eigenvalue weighted by atomic mass is 9.98. The van der Waals surface area contributed by atoms with Gasteiger partial charge >= 0.3 is 0 Å². The Morgan fingerprint density at radius 2 is 1.76 bits per heavy atom. The number of morpholine rings is 1. The fraction of sp³-hybridized carbons (Fsp3) is 0.480. The highest BCUT2D eigenvalue weighted by Gasteiger charge is 2.32. The van der Waals surface area contributed by atoms with Crippen molar-refractivity contribution >= 4 is 27.5 Å². The highest BCUT2D eigenvalue weighted by molar-refractivity contribution is 7.88. The lowest BCUT2D eigenvalue weighted by molar-refractivity contribution is -0.126. The molecular formula is C25H32ClN3O4S. The monoisotopic (exact) mass is 505 g/mol. The zero-order chi connectivity index (χ0) is 24.0. The number of nitrogens with zero attached hydrogens (tertiary/aromatic N) is 2. The molecule has 1 atom stereocenters. The third-order valence-electron chi connectivity index (χ3n) is 6.38. The number of benzene rings is 2. The van der Waals surface area contributed by atoms with E-state index in [1.165, 1.54) is 9.87 Å². The second-order valence-electron chi connectivity index (χ2n) is 9.01. The highest BCUT2D eigenvalue weighted by Crippen LogP contribution is 2.22. The molecule has 0 spiro atoms. The molecule has 0 aliphatic carbocycles. The molecule has 4 rings (SSSR count). The topological polar surface area (TPSA) is 79.0 Å². The van der Waals surface area contributed by atoms with E-state index >= 15 is 0 Å². The second-order valence-corrected chi connectivity index (χ2v) is 11.4. The van der Waals surface area contributed by atoms with Crippen LogP contribution in [0.3, 0.4) is 0 Å². The summed E-state index contributed by atoms with van der Waals surface area (Å²) in [5.41, 5.74) is 2.95. The summed E-state index contributed by atoms with van der Waals surface area (Å²) in [5, 5.41) is 3.59. The Morgan fingerprint density at radius 3 is 2.53 bits per heavy atom. The summed E-state index contributed by atoms with van der Waals surface area (Å²) < 4.78 is 32.7. The first kappa shape index (κ1) is 25.1. The molecule has 34 heavy (non-hydrogen) atoms. The summed E-state index contributed by atoms with van der Waals surface area (Å²) in [6, 6.07) is 15.1. The molecule has 2 heterocycles. The summed E-state index contributed by atoms with van der Waals surface area (Å²) in [6.07, 6.45) is 1.36. The Bertz CT molecular complexity index is 1070. The van der Waals surface area contributed by atoms with Gasteiger partial charge < -0.3 is 10.1 Å². The Hall–Kier alpha value is -1.97. The minimum atomic E-state index is -3.51. The maximum atomic E-state index is 12.9. The van der Waals surface area contributed by atoms with E-state index < -0.39 is 10.0 Å². The first-order valence-electron chi connectivity index (χ1n) is 11.8. The van der Waals surface area contributed by atoms with Gasteiger partial charge in [-0.3, -0.25) is 9.69 Å². The fourth-order valence-electron chi connectivity index (χ4n) is 4.48. The van der Waals surface area contributed by atoms with Gasteiger partial charge in [-0.1, -0.05) is 48.0 Å². The summed E-state index contributed by atoms with van der Waals surface area (Å²) in [4.78, 5) is 15.2. The Labute approximate surface area is 207 Å². The van der Waals surface area contributed by atoms with Crippen LogP contribution in [0.4, 0.5) is 0 Å². The molecule has 1 N–H and O–H groups in total. The van der Waals surface area contributed by atoms with E-state index in [9.17, 15) is 13.2 Å². The number of amides is 1. The van der Waals surface area contributed by atoms with Crippen molar-refractivity contribution in [1.82, 2.24) is 14.5 Å². The molecular weight excluding hydrogens is 474 g/mol. The van der Waals surface area contributed by atoms with E-state index in [1.807, 2.05) is 12.1 Å². The van der Waals surface area contributed by atoms with Crippen LogP contribution in [0.5, 0.6) is 0 Å². The quantitative estimate of drug-likeness (QED) is 0.596. The van der Waals surface area contributed by atoms with Crippen LogP contribution < -0.4 is 5.32 Å². The standard InChI is InChI=1S/C25H32ClN3O4S/c26-24-8-6-20(7-9-24)19-34(31,32)29-10-2-5-23(18-29)25(30)27-16-21-3-1-4-22(15-21)17-28-11-13-33-14-12-28/h1,3-4,6-9,15,23H,2,5,10-14,16-19H2,(H,27,30). The molecule has 0 bridgehead atoms. The summed E-state index contributed by atoms with van der Waals surface area (Å²) in [6.45, 7) is 5.37. The van der Waals surface area contributed by atoms with Crippen LogP contribution in [0, 0.1) is 5.92 Å². The molecule has 1 amide bonds. The number of halogens is 1. The Balaban J connectivity index is 1.30. The Kier molecular flexibility index (Phi) is 8.60. The molecule has 2 saturated heterocycles. The first-order chi connectivity index (χ1) is 16.4. The van der Waals surface area contributed by atoms with Gasteiger partial charge in [-0.15, -0.1) is 0 Å². The molecule has 2 aromatic rings. The third-order valence-corrected chi connectivity index (χ3v) is 8.45. The van der Waals surface area contributed by atoms with Gasteiger partial charge in [0.2, 0.25) is 15.9 Å². The maximum Gasteiger partial charge on any atom is 0.224 e. The van der Waals surface area contributed by atoms with Crippen LogP contribution in [-0.4, -0.2) is 62.9 Å². The van der Waals surface area contributed by atoms with Crippen molar-refractivity contribution < 1.29 is 17.9 Å². The van der Waals surface area contributed by atoms with E-state index in [2.05, 4.69) is 22.3 Å². The van der Waals surface area contributed by atoms with Crippen molar-refractivity contribution in [2.75, 3.05) is 39.4 Å². The van der Waals surface area contributed by atoms with Crippen LogP contribution in [0.1, 0.15) is 29.5 Å². The van der Waals surface area contributed by atoms with Crippen LogP contribution in [-0.2, 0) is 38.4 Å². The number of hydrogen-bond acceptors (Lipinski definition) is 5. The van der Waals surface area contributed by atoms with Gasteiger partial charge in [0.15, 0.2) is 0 Å². The maximum absolute atomic E-state index is 12.9.